The van der Waals surface area contributed by atoms with Crippen molar-refractivity contribution in [1.82, 2.24) is 20.4 Å². The summed E-state index contributed by atoms with van der Waals surface area (Å²) < 4.78 is 5.20. The molecule has 1 aliphatic heterocycles. The molecule has 3 heterocycles. The van der Waals surface area contributed by atoms with Gasteiger partial charge in [0.05, 0.1) is 0 Å². The lowest BCUT2D eigenvalue weighted by molar-refractivity contribution is -0.116. The average Bonchev–Trinajstić information content (AvgIpc) is 3.09. The molecule has 0 aromatic carbocycles. The molecule has 0 saturated heterocycles. The van der Waals surface area contributed by atoms with E-state index in [0.717, 1.165) is 0 Å². The molecule has 3 amide bonds. The monoisotopic (exact) mass is 358 g/mol. The normalized spacial score (nSPS) is 14.2. The Balaban J connectivity index is 1.71. The van der Waals surface area contributed by atoms with Crippen molar-refractivity contribution in [1.29, 1.82) is 0 Å². The number of ketones is 1. The molecule has 0 saturated carbocycles. The van der Waals surface area contributed by atoms with Gasteiger partial charge in [0.1, 0.15) is 23.6 Å². The number of carbonyl (C=O) groups excluding carboxylic acids is 3. The lowest BCUT2D eigenvalue weighted by Crippen LogP contribution is -2.24. The predicted octanol–water partition coefficient (Wildman–Crippen LogP) is 1.48. The van der Waals surface area contributed by atoms with Crippen molar-refractivity contribution in [3.63, 3.8) is 0 Å². The molecule has 2 aromatic rings. The number of rotatable bonds is 5. The van der Waals surface area contributed by atoms with Crippen molar-refractivity contribution in [2.45, 2.75) is 32.1 Å². The summed E-state index contributed by atoms with van der Waals surface area (Å²) in [6.45, 7) is 1.82. The van der Waals surface area contributed by atoms with E-state index in [0.29, 0.717) is 35.7 Å². The van der Waals surface area contributed by atoms with Crippen LogP contribution in [0.4, 0.5) is 16.4 Å². The van der Waals surface area contributed by atoms with Gasteiger partial charge >= 0.3 is 6.03 Å². The molecule has 1 aliphatic rings. The van der Waals surface area contributed by atoms with E-state index in [2.05, 4.69) is 31.1 Å². The Morgan fingerprint density at radius 1 is 1.35 bits per heavy atom. The molecule has 1 atom stereocenters. The molecule has 0 spiro atoms. The fourth-order valence-electron chi connectivity index (χ4n) is 2.66. The van der Waals surface area contributed by atoms with Crippen LogP contribution < -0.4 is 16.0 Å². The molecule has 0 unspecified atom stereocenters. The van der Waals surface area contributed by atoms with Crippen LogP contribution in [0, 0.1) is 0 Å². The summed E-state index contributed by atoms with van der Waals surface area (Å²) in [5.41, 5.74) is 0.967. The number of aromatic nitrogens is 3. The van der Waals surface area contributed by atoms with Gasteiger partial charge in [-0.1, -0.05) is 12.1 Å². The number of nitrogens with one attached hydrogen (secondary N) is 3. The van der Waals surface area contributed by atoms with E-state index < -0.39 is 6.03 Å². The maximum Gasteiger partial charge on any atom is 0.320 e. The highest BCUT2D eigenvalue weighted by Gasteiger charge is 2.25. The van der Waals surface area contributed by atoms with E-state index in [4.69, 9.17) is 4.52 Å². The summed E-state index contributed by atoms with van der Waals surface area (Å²) in [6.07, 6.45) is 2.14. The molecule has 0 aliphatic carbocycles. The number of nitrogens with zero attached hydrogens (tertiary/aromatic N) is 3. The van der Waals surface area contributed by atoms with Crippen LogP contribution >= 0.6 is 0 Å². The van der Waals surface area contributed by atoms with Crippen LogP contribution in [-0.4, -0.2) is 39.9 Å². The molecule has 0 fully saturated rings. The number of carbonyl (C=O) groups is 3. The third-order valence-electron chi connectivity index (χ3n) is 4.04. The van der Waals surface area contributed by atoms with Crippen LogP contribution in [0.2, 0.25) is 0 Å². The first-order valence-corrected chi connectivity index (χ1v) is 8.10. The van der Waals surface area contributed by atoms with Gasteiger partial charge in [0.25, 0.3) is 0 Å². The molecule has 10 nitrogen and oxygen atoms in total. The summed E-state index contributed by atoms with van der Waals surface area (Å²) in [4.78, 5) is 43.5. The number of fused-ring (bicyclic) bond motifs is 1. The molecular weight excluding hydrogens is 340 g/mol. The third-order valence-corrected chi connectivity index (χ3v) is 4.04. The zero-order chi connectivity index (χ0) is 18.7. The molecule has 0 radical (unpaired) electrons. The fraction of sp³-hybridized carbons (Fsp3) is 0.375. The maximum absolute atomic E-state index is 12.7. The highest BCUT2D eigenvalue weighted by Crippen LogP contribution is 2.27. The maximum atomic E-state index is 12.7. The second kappa shape index (κ2) is 7.30. The molecule has 10 heteroatoms. The van der Waals surface area contributed by atoms with Gasteiger partial charge in [0.2, 0.25) is 5.91 Å². The molecular formula is C16H18N6O4. The first-order valence-electron chi connectivity index (χ1n) is 8.10. The average molecular weight is 358 g/mol. The van der Waals surface area contributed by atoms with Crippen LogP contribution in [-0.2, 0) is 11.2 Å². The minimum atomic E-state index is -0.414. The minimum absolute atomic E-state index is 0.124. The van der Waals surface area contributed by atoms with Crippen molar-refractivity contribution >= 4 is 29.4 Å². The van der Waals surface area contributed by atoms with E-state index in [-0.39, 0.29) is 29.8 Å². The highest BCUT2D eigenvalue weighted by atomic mass is 16.5. The summed E-state index contributed by atoms with van der Waals surface area (Å²) in [7, 11) is 1.49. The van der Waals surface area contributed by atoms with Gasteiger partial charge in [-0.2, -0.15) is 0 Å². The summed E-state index contributed by atoms with van der Waals surface area (Å²) in [5, 5.41) is 11.3. The number of anilines is 2. The van der Waals surface area contributed by atoms with Crippen molar-refractivity contribution in [2.24, 2.45) is 0 Å². The Hall–Kier alpha value is -3.30. The summed E-state index contributed by atoms with van der Waals surface area (Å²) >= 11 is 0. The fourth-order valence-corrected chi connectivity index (χ4v) is 2.66. The standard InChI is InChI=1S/C16H18N6O4/c1-8(11-6-12(22-26-11)20-16(25)17-2)5-10(23)14-9-3-4-13(24)21-15(9)19-7-18-14/h6-8H,3-5H2,1-2H3,(H2,17,20,22,25)(H,18,19,21,24)/t8-/m0/s1. The minimum Gasteiger partial charge on any atom is -0.359 e. The Bertz CT molecular complexity index is 862. The zero-order valence-corrected chi connectivity index (χ0v) is 14.3. The third kappa shape index (κ3) is 3.68. The van der Waals surface area contributed by atoms with Gasteiger partial charge in [-0.3, -0.25) is 14.9 Å². The van der Waals surface area contributed by atoms with Gasteiger partial charge in [-0.25, -0.2) is 14.8 Å². The van der Waals surface area contributed by atoms with Crippen LogP contribution in [0.25, 0.3) is 0 Å². The number of hydrogen-bond donors (Lipinski definition) is 3. The first-order chi connectivity index (χ1) is 12.5. The summed E-state index contributed by atoms with van der Waals surface area (Å²) in [6, 6.07) is 1.16. The largest absolute Gasteiger partial charge is 0.359 e. The number of hydrogen-bond acceptors (Lipinski definition) is 7. The van der Waals surface area contributed by atoms with Crippen molar-refractivity contribution in [3.8, 4) is 0 Å². The Kier molecular flexibility index (Phi) is 4.92. The predicted molar refractivity (Wildman–Crippen MR) is 90.9 cm³/mol. The summed E-state index contributed by atoms with van der Waals surface area (Å²) in [5.74, 6) is 0.565. The topological polar surface area (TPSA) is 139 Å². The number of amides is 3. The molecule has 3 N–H and O–H groups in total. The molecule has 136 valence electrons. The number of urea groups is 1. The second-order valence-corrected chi connectivity index (χ2v) is 5.94. The van der Waals surface area contributed by atoms with Crippen LogP contribution in [0.15, 0.2) is 16.9 Å². The van der Waals surface area contributed by atoms with E-state index >= 15 is 0 Å². The Labute approximate surface area is 148 Å². The quantitative estimate of drug-likeness (QED) is 0.688. The van der Waals surface area contributed by atoms with Crippen molar-refractivity contribution in [2.75, 3.05) is 17.7 Å². The zero-order valence-electron chi connectivity index (χ0n) is 14.3. The molecule has 26 heavy (non-hydrogen) atoms. The van der Waals surface area contributed by atoms with E-state index in [1.54, 1.807) is 6.07 Å². The lowest BCUT2D eigenvalue weighted by atomic mass is 9.96. The van der Waals surface area contributed by atoms with Crippen molar-refractivity contribution < 1.29 is 18.9 Å². The van der Waals surface area contributed by atoms with E-state index in [1.807, 2.05) is 6.92 Å². The van der Waals surface area contributed by atoms with Gasteiger partial charge in [0, 0.05) is 37.4 Å². The Morgan fingerprint density at radius 3 is 2.92 bits per heavy atom. The van der Waals surface area contributed by atoms with Gasteiger partial charge < -0.3 is 15.2 Å². The van der Waals surface area contributed by atoms with Gasteiger partial charge in [-0.05, 0) is 6.42 Å². The van der Waals surface area contributed by atoms with Gasteiger partial charge in [-0.15, -0.1) is 0 Å². The van der Waals surface area contributed by atoms with Crippen LogP contribution in [0.1, 0.15) is 47.5 Å². The SMILES string of the molecule is CNC(=O)Nc1cc([C@@H](C)CC(=O)c2ncnc3c2CCC(=O)N3)on1. The molecule has 0 bridgehead atoms. The first kappa shape index (κ1) is 17.5. The Morgan fingerprint density at radius 2 is 2.15 bits per heavy atom. The van der Waals surface area contributed by atoms with Gasteiger partial charge in [0.15, 0.2) is 11.6 Å². The van der Waals surface area contributed by atoms with E-state index in [1.165, 1.54) is 13.4 Å². The van der Waals surface area contributed by atoms with Crippen molar-refractivity contribution in [3.05, 3.63) is 29.4 Å². The molecule has 2 aromatic heterocycles. The van der Waals surface area contributed by atoms with Crippen LogP contribution in [0.5, 0.6) is 0 Å². The smallest absolute Gasteiger partial charge is 0.320 e. The second-order valence-electron chi connectivity index (χ2n) is 5.94. The van der Waals surface area contributed by atoms with Crippen LogP contribution in [0.3, 0.4) is 0 Å². The molecule has 3 rings (SSSR count). The lowest BCUT2D eigenvalue weighted by Gasteiger charge is -2.17. The number of Topliss-reactive ketones (excluding diaryl/α,β-unsaturated/α-hetero) is 1. The van der Waals surface area contributed by atoms with E-state index in [9.17, 15) is 14.4 Å². The highest BCUT2D eigenvalue weighted by molar-refractivity contribution is 6.00.